The van der Waals surface area contributed by atoms with E-state index in [-0.39, 0.29) is 0 Å². The fraction of sp³-hybridized carbons (Fsp3) is 0.538. The molecule has 2 N–H and O–H groups in total. The first-order chi connectivity index (χ1) is 8.36. The van der Waals surface area contributed by atoms with E-state index in [2.05, 4.69) is 10.2 Å². The molecule has 1 fully saturated rings. The summed E-state index contributed by atoms with van der Waals surface area (Å²) in [4.78, 5) is 2.39. The maximum Gasteiger partial charge on any atom is 0.120 e. The summed E-state index contributed by atoms with van der Waals surface area (Å²) in [5.41, 5.74) is 0.953. The van der Waals surface area contributed by atoms with E-state index in [0.717, 1.165) is 51.5 Å². The molecule has 1 aromatic carbocycles. The van der Waals surface area contributed by atoms with Crippen molar-refractivity contribution in [1.82, 2.24) is 10.2 Å². The Morgan fingerprint density at radius 3 is 2.76 bits per heavy atom. The van der Waals surface area contributed by atoms with E-state index in [1.165, 1.54) is 0 Å². The highest BCUT2D eigenvalue weighted by molar-refractivity contribution is 5.31. The van der Waals surface area contributed by atoms with Crippen LogP contribution in [0.3, 0.4) is 0 Å². The van der Waals surface area contributed by atoms with Crippen molar-refractivity contribution in [2.75, 3.05) is 39.4 Å². The third-order valence-corrected chi connectivity index (χ3v) is 3.02. The van der Waals surface area contributed by atoms with Crippen molar-refractivity contribution in [3.05, 3.63) is 29.8 Å². The lowest BCUT2D eigenvalue weighted by Gasteiger charge is -2.26. The molecule has 0 bridgehead atoms. The van der Waals surface area contributed by atoms with Gasteiger partial charge in [0.2, 0.25) is 0 Å². The van der Waals surface area contributed by atoms with Gasteiger partial charge in [-0.2, -0.15) is 0 Å². The van der Waals surface area contributed by atoms with Gasteiger partial charge in [0.15, 0.2) is 0 Å². The maximum atomic E-state index is 9.59. The predicted molar refractivity (Wildman–Crippen MR) is 67.1 cm³/mol. The number of morpholine rings is 1. The van der Waals surface area contributed by atoms with Crippen molar-refractivity contribution in [3.8, 4) is 5.75 Å². The Morgan fingerprint density at radius 2 is 2.00 bits per heavy atom. The molecule has 1 saturated heterocycles. The molecule has 94 valence electrons. The van der Waals surface area contributed by atoms with E-state index >= 15 is 0 Å². The third-order valence-electron chi connectivity index (χ3n) is 3.02. The van der Waals surface area contributed by atoms with E-state index in [9.17, 15) is 5.11 Å². The molecule has 0 aromatic heterocycles. The maximum absolute atomic E-state index is 9.59. The molecule has 0 atom stereocenters. The average molecular weight is 236 g/mol. The Morgan fingerprint density at radius 1 is 1.24 bits per heavy atom. The Hall–Kier alpha value is -1.10. The van der Waals surface area contributed by atoms with Crippen LogP contribution < -0.4 is 5.32 Å². The zero-order valence-electron chi connectivity index (χ0n) is 10.1. The van der Waals surface area contributed by atoms with Crippen molar-refractivity contribution in [2.45, 2.75) is 6.54 Å². The number of phenolic OH excluding ortho intramolecular Hbond substituents is 1. The Labute approximate surface area is 102 Å². The number of hydrogen-bond donors (Lipinski definition) is 2. The van der Waals surface area contributed by atoms with Crippen molar-refractivity contribution < 1.29 is 9.84 Å². The number of para-hydroxylation sites is 1. The second-order valence-corrected chi connectivity index (χ2v) is 4.26. The zero-order valence-corrected chi connectivity index (χ0v) is 10.1. The van der Waals surface area contributed by atoms with Gasteiger partial charge in [-0.15, -0.1) is 0 Å². The second kappa shape index (κ2) is 6.59. The van der Waals surface area contributed by atoms with Gasteiger partial charge in [-0.25, -0.2) is 0 Å². The van der Waals surface area contributed by atoms with Crippen molar-refractivity contribution >= 4 is 0 Å². The minimum Gasteiger partial charge on any atom is -0.508 e. The van der Waals surface area contributed by atoms with Crippen LogP contribution in [0.4, 0.5) is 0 Å². The molecule has 0 spiro atoms. The van der Waals surface area contributed by atoms with Gasteiger partial charge in [-0.1, -0.05) is 18.2 Å². The topological polar surface area (TPSA) is 44.7 Å². The molecule has 2 rings (SSSR count). The normalized spacial score (nSPS) is 17.2. The highest BCUT2D eigenvalue weighted by Gasteiger charge is 2.09. The van der Waals surface area contributed by atoms with Gasteiger partial charge in [0.25, 0.3) is 0 Å². The molecule has 1 heterocycles. The number of rotatable bonds is 5. The molecule has 17 heavy (non-hydrogen) atoms. The fourth-order valence-corrected chi connectivity index (χ4v) is 1.95. The second-order valence-electron chi connectivity index (χ2n) is 4.26. The molecular formula is C13H20N2O2. The fourth-order valence-electron chi connectivity index (χ4n) is 1.95. The van der Waals surface area contributed by atoms with Gasteiger partial charge in [0.05, 0.1) is 13.2 Å². The first-order valence-electron chi connectivity index (χ1n) is 6.14. The van der Waals surface area contributed by atoms with Crippen LogP contribution in [0.25, 0.3) is 0 Å². The summed E-state index contributed by atoms with van der Waals surface area (Å²) in [5.74, 6) is 0.367. The summed E-state index contributed by atoms with van der Waals surface area (Å²) < 4.78 is 5.30. The smallest absolute Gasteiger partial charge is 0.120 e. The van der Waals surface area contributed by atoms with E-state index < -0.39 is 0 Å². The lowest BCUT2D eigenvalue weighted by molar-refractivity contribution is 0.0384. The quantitative estimate of drug-likeness (QED) is 0.743. The van der Waals surface area contributed by atoms with Crippen LogP contribution >= 0.6 is 0 Å². The van der Waals surface area contributed by atoms with Crippen LogP contribution in [0.15, 0.2) is 24.3 Å². The molecule has 0 amide bonds. The molecule has 1 aliphatic rings. The Kier molecular flexibility index (Phi) is 4.79. The van der Waals surface area contributed by atoms with Crippen LogP contribution in [0, 0.1) is 0 Å². The summed E-state index contributed by atoms with van der Waals surface area (Å²) in [5, 5.41) is 12.9. The van der Waals surface area contributed by atoms with Crippen molar-refractivity contribution in [2.24, 2.45) is 0 Å². The summed E-state index contributed by atoms with van der Waals surface area (Å²) in [7, 11) is 0. The van der Waals surface area contributed by atoms with Gasteiger partial charge in [0, 0.05) is 38.3 Å². The van der Waals surface area contributed by atoms with Crippen LogP contribution in [-0.2, 0) is 11.3 Å². The SMILES string of the molecule is Oc1ccccc1CNCCN1CCOCC1. The number of nitrogens with one attached hydrogen (secondary N) is 1. The molecule has 0 saturated carbocycles. The number of phenols is 1. The summed E-state index contributed by atoms with van der Waals surface area (Å²) in [6.07, 6.45) is 0. The molecule has 0 radical (unpaired) electrons. The van der Waals surface area contributed by atoms with Crippen LogP contribution in [-0.4, -0.2) is 49.4 Å². The number of nitrogens with zero attached hydrogens (tertiary/aromatic N) is 1. The number of ether oxygens (including phenoxy) is 1. The minimum atomic E-state index is 0.367. The highest BCUT2D eigenvalue weighted by atomic mass is 16.5. The van der Waals surface area contributed by atoms with E-state index in [1.54, 1.807) is 6.07 Å². The van der Waals surface area contributed by atoms with Gasteiger partial charge in [0.1, 0.15) is 5.75 Å². The number of hydrogen-bond acceptors (Lipinski definition) is 4. The minimum absolute atomic E-state index is 0.367. The van der Waals surface area contributed by atoms with Crippen molar-refractivity contribution in [1.29, 1.82) is 0 Å². The Bertz CT molecular complexity index is 338. The summed E-state index contributed by atoms with van der Waals surface area (Å²) in [6.45, 7) is 6.44. The molecule has 0 unspecified atom stereocenters. The van der Waals surface area contributed by atoms with Crippen molar-refractivity contribution in [3.63, 3.8) is 0 Å². The molecule has 1 aliphatic heterocycles. The largest absolute Gasteiger partial charge is 0.508 e. The third kappa shape index (κ3) is 4.00. The van der Waals surface area contributed by atoms with Gasteiger partial charge in [-0.05, 0) is 6.07 Å². The lowest BCUT2D eigenvalue weighted by atomic mass is 10.2. The number of benzene rings is 1. The molecule has 1 aromatic rings. The monoisotopic (exact) mass is 236 g/mol. The first-order valence-corrected chi connectivity index (χ1v) is 6.14. The summed E-state index contributed by atoms with van der Waals surface area (Å²) >= 11 is 0. The molecule has 0 aliphatic carbocycles. The zero-order chi connectivity index (χ0) is 11.9. The lowest BCUT2D eigenvalue weighted by Crippen LogP contribution is -2.40. The Balaban J connectivity index is 1.64. The molecule has 4 nitrogen and oxygen atoms in total. The number of aromatic hydroxyl groups is 1. The van der Waals surface area contributed by atoms with Gasteiger partial charge in [-0.3, -0.25) is 4.90 Å². The van der Waals surface area contributed by atoms with E-state index in [1.807, 2.05) is 18.2 Å². The molecular weight excluding hydrogens is 216 g/mol. The first kappa shape index (κ1) is 12.4. The van der Waals surface area contributed by atoms with Gasteiger partial charge >= 0.3 is 0 Å². The highest BCUT2D eigenvalue weighted by Crippen LogP contribution is 2.14. The average Bonchev–Trinajstić information content (AvgIpc) is 2.38. The van der Waals surface area contributed by atoms with Gasteiger partial charge < -0.3 is 15.2 Å². The summed E-state index contributed by atoms with van der Waals surface area (Å²) in [6, 6.07) is 7.45. The van der Waals surface area contributed by atoms with Crippen LogP contribution in [0.1, 0.15) is 5.56 Å². The van der Waals surface area contributed by atoms with E-state index in [4.69, 9.17) is 4.74 Å². The van der Waals surface area contributed by atoms with E-state index in [0.29, 0.717) is 5.75 Å². The van der Waals surface area contributed by atoms with Crippen LogP contribution in [0.5, 0.6) is 5.75 Å². The predicted octanol–water partition coefficient (Wildman–Crippen LogP) is 0.814. The standard InChI is InChI=1S/C13H20N2O2/c16-13-4-2-1-3-12(13)11-14-5-6-15-7-9-17-10-8-15/h1-4,14,16H,5-11H2. The van der Waals surface area contributed by atoms with Crippen LogP contribution in [0.2, 0.25) is 0 Å². The molecule has 4 heteroatoms.